The third kappa shape index (κ3) is 2.20. The highest BCUT2D eigenvalue weighted by Gasteiger charge is 2.26. The largest absolute Gasteiger partial charge is 0.443 e. The van der Waals surface area contributed by atoms with E-state index in [4.69, 9.17) is 4.74 Å². The minimum atomic E-state index is -0.484. The first-order chi connectivity index (χ1) is 9.47. The van der Waals surface area contributed by atoms with E-state index in [1.807, 2.05) is 39.0 Å². The predicted molar refractivity (Wildman–Crippen MR) is 79.0 cm³/mol. The van der Waals surface area contributed by atoms with Crippen molar-refractivity contribution in [3.63, 3.8) is 0 Å². The van der Waals surface area contributed by atoms with Gasteiger partial charge in [0.1, 0.15) is 5.60 Å². The molecule has 0 bridgehead atoms. The summed E-state index contributed by atoms with van der Waals surface area (Å²) in [6.45, 7) is 7.39. The second-order valence-electron chi connectivity index (χ2n) is 6.18. The van der Waals surface area contributed by atoms with E-state index in [1.54, 1.807) is 4.57 Å². The Balaban J connectivity index is 2.17. The maximum Gasteiger partial charge on any atom is 0.419 e. The van der Waals surface area contributed by atoms with Crippen molar-refractivity contribution in [1.29, 1.82) is 0 Å². The molecule has 1 N–H and O–H groups in total. The van der Waals surface area contributed by atoms with Crippen molar-refractivity contribution in [3.05, 3.63) is 35.5 Å². The number of nitrogens with zero attached hydrogens (tertiary/aromatic N) is 1. The molecule has 0 atom stereocenters. The Morgan fingerprint density at radius 2 is 2.05 bits per heavy atom. The van der Waals surface area contributed by atoms with E-state index >= 15 is 0 Å². The van der Waals surface area contributed by atoms with E-state index in [0.29, 0.717) is 0 Å². The molecule has 0 saturated heterocycles. The van der Waals surface area contributed by atoms with Crippen molar-refractivity contribution < 1.29 is 9.53 Å². The Kier molecular flexibility index (Phi) is 3.05. The summed E-state index contributed by atoms with van der Waals surface area (Å²) in [7, 11) is 0. The molecule has 106 valence electrons. The average molecular weight is 272 g/mol. The fraction of sp³-hybridized carbons (Fsp3) is 0.438. The van der Waals surface area contributed by atoms with Gasteiger partial charge >= 0.3 is 6.09 Å². The van der Waals surface area contributed by atoms with Crippen LogP contribution in [-0.2, 0) is 17.7 Å². The zero-order valence-corrected chi connectivity index (χ0v) is 12.2. The monoisotopic (exact) mass is 272 g/mol. The first-order valence-corrected chi connectivity index (χ1v) is 7.02. The van der Waals surface area contributed by atoms with Crippen LogP contribution in [0.2, 0.25) is 0 Å². The average Bonchev–Trinajstić information content (AvgIpc) is 2.71. The van der Waals surface area contributed by atoms with Gasteiger partial charge in [-0.2, -0.15) is 0 Å². The lowest BCUT2D eigenvalue weighted by Crippen LogP contribution is -2.30. The number of ether oxygens (including phenoxy) is 1. The first kappa shape index (κ1) is 13.2. The Hall–Kier alpha value is -1.81. The van der Waals surface area contributed by atoms with Gasteiger partial charge in [0.25, 0.3) is 0 Å². The molecule has 1 aliphatic heterocycles. The topological polar surface area (TPSA) is 43.3 Å². The van der Waals surface area contributed by atoms with Crippen molar-refractivity contribution in [2.45, 2.75) is 39.3 Å². The van der Waals surface area contributed by atoms with Crippen molar-refractivity contribution >= 4 is 17.0 Å². The number of aromatic nitrogens is 1. The number of fused-ring (bicyclic) bond motifs is 3. The molecular formula is C16H20N2O2. The summed E-state index contributed by atoms with van der Waals surface area (Å²) in [5, 5.41) is 4.51. The summed E-state index contributed by atoms with van der Waals surface area (Å²) < 4.78 is 7.31. The lowest BCUT2D eigenvalue weighted by molar-refractivity contribution is 0.0539. The van der Waals surface area contributed by atoms with Crippen molar-refractivity contribution in [3.8, 4) is 0 Å². The Morgan fingerprint density at radius 1 is 1.30 bits per heavy atom. The Morgan fingerprint density at radius 3 is 2.80 bits per heavy atom. The molecule has 20 heavy (non-hydrogen) atoms. The molecule has 1 aromatic carbocycles. The van der Waals surface area contributed by atoms with Crippen molar-refractivity contribution in [2.75, 3.05) is 6.54 Å². The summed E-state index contributed by atoms with van der Waals surface area (Å²) in [5.74, 6) is 0. The van der Waals surface area contributed by atoms with E-state index in [9.17, 15) is 4.79 Å². The molecule has 4 heteroatoms. The second-order valence-corrected chi connectivity index (χ2v) is 6.18. The molecular weight excluding hydrogens is 252 g/mol. The molecule has 2 heterocycles. The maximum atomic E-state index is 12.5. The molecule has 0 unspecified atom stereocenters. The van der Waals surface area contributed by atoms with Crippen LogP contribution in [0.1, 0.15) is 32.0 Å². The molecule has 1 aliphatic rings. The van der Waals surface area contributed by atoms with Gasteiger partial charge in [-0.3, -0.25) is 0 Å². The maximum absolute atomic E-state index is 12.5. The SMILES string of the molecule is CC(C)(C)OC(=O)n1c2c(c3ccccc31)CNCC2. The van der Waals surface area contributed by atoms with Crippen LogP contribution in [-0.4, -0.2) is 22.8 Å². The van der Waals surface area contributed by atoms with E-state index in [-0.39, 0.29) is 6.09 Å². The summed E-state index contributed by atoms with van der Waals surface area (Å²) >= 11 is 0. The molecule has 0 aliphatic carbocycles. The zero-order chi connectivity index (χ0) is 14.3. The van der Waals surface area contributed by atoms with Crippen LogP contribution in [0.25, 0.3) is 10.9 Å². The summed E-state index contributed by atoms with van der Waals surface area (Å²) in [4.78, 5) is 12.5. The first-order valence-electron chi connectivity index (χ1n) is 7.02. The number of carbonyl (C=O) groups is 1. The smallest absolute Gasteiger partial charge is 0.419 e. The molecule has 0 spiro atoms. The van der Waals surface area contributed by atoms with Gasteiger partial charge in [0, 0.05) is 30.6 Å². The van der Waals surface area contributed by atoms with Gasteiger partial charge in [0.05, 0.1) is 5.52 Å². The van der Waals surface area contributed by atoms with Gasteiger partial charge in [-0.25, -0.2) is 9.36 Å². The number of hydrogen-bond donors (Lipinski definition) is 1. The van der Waals surface area contributed by atoms with Gasteiger partial charge < -0.3 is 10.1 Å². The highest BCUT2D eigenvalue weighted by atomic mass is 16.6. The summed E-state index contributed by atoms with van der Waals surface area (Å²) in [6.07, 6.45) is 0.570. The third-order valence-electron chi connectivity index (χ3n) is 3.50. The Labute approximate surface area is 118 Å². The zero-order valence-electron chi connectivity index (χ0n) is 12.2. The fourth-order valence-electron chi connectivity index (χ4n) is 2.76. The van der Waals surface area contributed by atoms with Crippen LogP contribution in [0, 0.1) is 0 Å². The normalized spacial score (nSPS) is 15.2. The van der Waals surface area contributed by atoms with Gasteiger partial charge in [0.15, 0.2) is 0 Å². The number of carbonyl (C=O) groups excluding carboxylic acids is 1. The molecule has 1 aromatic heterocycles. The van der Waals surface area contributed by atoms with Crippen molar-refractivity contribution in [1.82, 2.24) is 9.88 Å². The van der Waals surface area contributed by atoms with Crippen LogP contribution in [0.3, 0.4) is 0 Å². The molecule has 3 rings (SSSR count). The van der Waals surface area contributed by atoms with Crippen LogP contribution in [0.4, 0.5) is 4.79 Å². The lowest BCUT2D eigenvalue weighted by Gasteiger charge is -2.22. The van der Waals surface area contributed by atoms with Crippen molar-refractivity contribution in [2.24, 2.45) is 0 Å². The molecule has 0 amide bonds. The summed E-state index contributed by atoms with van der Waals surface area (Å²) in [5.41, 5.74) is 2.76. The van der Waals surface area contributed by atoms with Gasteiger partial charge in [0.2, 0.25) is 0 Å². The van der Waals surface area contributed by atoms with E-state index in [2.05, 4.69) is 11.4 Å². The fourth-order valence-corrected chi connectivity index (χ4v) is 2.76. The predicted octanol–water partition coefficient (Wildman–Crippen LogP) is 3.07. The highest BCUT2D eigenvalue weighted by Crippen LogP contribution is 2.29. The molecule has 0 fully saturated rings. The van der Waals surface area contributed by atoms with E-state index in [1.165, 1.54) is 5.56 Å². The number of benzene rings is 1. The number of hydrogen-bond acceptors (Lipinski definition) is 3. The quantitative estimate of drug-likeness (QED) is 0.801. The third-order valence-corrected chi connectivity index (χ3v) is 3.50. The lowest BCUT2D eigenvalue weighted by atomic mass is 10.1. The highest BCUT2D eigenvalue weighted by molar-refractivity contribution is 5.94. The van der Waals surface area contributed by atoms with Crippen LogP contribution < -0.4 is 5.32 Å². The standard InChI is InChI=1S/C16H20N2O2/c1-16(2,3)20-15(19)18-13-7-5-4-6-11(13)12-10-17-9-8-14(12)18/h4-7,17H,8-10H2,1-3H3. The van der Waals surface area contributed by atoms with Gasteiger partial charge in [-0.1, -0.05) is 18.2 Å². The molecule has 0 saturated carbocycles. The van der Waals surface area contributed by atoms with Gasteiger partial charge in [-0.15, -0.1) is 0 Å². The molecule has 4 nitrogen and oxygen atoms in total. The summed E-state index contributed by atoms with van der Waals surface area (Å²) in [6, 6.07) is 8.03. The van der Waals surface area contributed by atoms with Crippen LogP contribution >= 0.6 is 0 Å². The molecule has 0 radical (unpaired) electrons. The van der Waals surface area contributed by atoms with Crippen LogP contribution in [0.15, 0.2) is 24.3 Å². The van der Waals surface area contributed by atoms with Crippen LogP contribution in [0.5, 0.6) is 0 Å². The van der Waals surface area contributed by atoms with E-state index in [0.717, 1.165) is 36.1 Å². The number of nitrogens with one attached hydrogen (secondary N) is 1. The number of para-hydroxylation sites is 1. The molecule has 2 aromatic rings. The Bertz CT molecular complexity index is 665. The minimum absolute atomic E-state index is 0.281. The van der Waals surface area contributed by atoms with E-state index < -0.39 is 5.60 Å². The number of rotatable bonds is 0. The minimum Gasteiger partial charge on any atom is -0.443 e. The van der Waals surface area contributed by atoms with Gasteiger partial charge in [-0.05, 0) is 32.4 Å². The second kappa shape index (κ2) is 4.63.